The van der Waals surface area contributed by atoms with Crippen LogP contribution < -0.4 is 21.3 Å². The standard InChI is InChI=1S/C28H28N4O3/c33-25(18-19-13-14-22-23(17-19)30-28(35)27(34)29-22)31-26(20-9-3-1-4-10-20)21-11-5-6-12-24(21)32-15-7-2-8-16-32/h1,3-6,9-14,17,26H,2,7-8,15-16,18H2,(H,29,34)(H,30,35)(H,31,33). The number of fused-ring (bicyclic) bond motifs is 1. The van der Waals surface area contributed by atoms with Gasteiger partial charge in [-0.3, -0.25) is 14.4 Å². The molecular weight excluding hydrogens is 440 g/mol. The summed E-state index contributed by atoms with van der Waals surface area (Å²) in [7, 11) is 0. The number of para-hydroxylation sites is 1. The van der Waals surface area contributed by atoms with Crippen molar-refractivity contribution in [2.75, 3.05) is 18.0 Å². The van der Waals surface area contributed by atoms with E-state index in [0.717, 1.165) is 35.5 Å². The largest absolute Gasteiger partial charge is 0.371 e. The molecule has 0 radical (unpaired) electrons. The Bertz CT molecular complexity index is 1450. The number of hydrogen-bond donors (Lipinski definition) is 3. The second-order valence-electron chi connectivity index (χ2n) is 8.98. The highest BCUT2D eigenvalue weighted by Crippen LogP contribution is 2.32. The number of aromatic nitrogens is 2. The highest BCUT2D eigenvalue weighted by Gasteiger charge is 2.23. The normalized spacial score (nSPS) is 14.6. The van der Waals surface area contributed by atoms with Crippen LogP contribution in [0.5, 0.6) is 0 Å². The van der Waals surface area contributed by atoms with Crippen LogP contribution >= 0.6 is 0 Å². The quantitative estimate of drug-likeness (QED) is 0.376. The molecule has 1 atom stereocenters. The van der Waals surface area contributed by atoms with Crippen LogP contribution in [0.1, 0.15) is 42.0 Å². The van der Waals surface area contributed by atoms with Gasteiger partial charge in [0, 0.05) is 24.3 Å². The Morgan fingerprint density at radius 1 is 0.829 bits per heavy atom. The summed E-state index contributed by atoms with van der Waals surface area (Å²) < 4.78 is 0. The van der Waals surface area contributed by atoms with E-state index < -0.39 is 11.1 Å². The molecule has 5 rings (SSSR count). The number of aromatic amines is 2. The Labute approximate surface area is 202 Å². The summed E-state index contributed by atoms with van der Waals surface area (Å²) in [4.78, 5) is 44.1. The van der Waals surface area contributed by atoms with Gasteiger partial charge >= 0.3 is 11.1 Å². The molecule has 35 heavy (non-hydrogen) atoms. The molecule has 1 aromatic heterocycles. The third-order valence-corrected chi connectivity index (χ3v) is 6.53. The Morgan fingerprint density at radius 3 is 2.29 bits per heavy atom. The molecule has 3 aromatic carbocycles. The fourth-order valence-corrected chi connectivity index (χ4v) is 4.81. The second kappa shape index (κ2) is 10.0. The third-order valence-electron chi connectivity index (χ3n) is 6.53. The van der Waals surface area contributed by atoms with E-state index in [1.54, 1.807) is 18.2 Å². The maximum Gasteiger partial charge on any atom is 0.314 e. The predicted molar refractivity (Wildman–Crippen MR) is 138 cm³/mol. The van der Waals surface area contributed by atoms with Crippen LogP contribution in [0.2, 0.25) is 0 Å². The first-order chi connectivity index (χ1) is 17.1. The number of rotatable bonds is 6. The van der Waals surface area contributed by atoms with Gasteiger partial charge in [-0.05, 0) is 48.6 Å². The van der Waals surface area contributed by atoms with Gasteiger partial charge < -0.3 is 20.2 Å². The Hall–Kier alpha value is -4.13. The lowest BCUT2D eigenvalue weighted by molar-refractivity contribution is -0.120. The number of hydrogen-bond acceptors (Lipinski definition) is 4. The van der Waals surface area contributed by atoms with Crippen molar-refractivity contribution in [2.45, 2.75) is 31.7 Å². The summed E-state index contributed by atoms with van der Waals surface area (Å²) >= 11 is 0. The highest BCUT2D eigenvalue weighted by atomic mass is 16.2. The Balaban J connectivity index is 1.44. The summed E-state index contributed by atoms with van der Waals surface area (Å²) in [5, 5.41) is 3.25. The van der Waals surface area contributed by atoms with Crippen molar-refractivity contribution in [3.05, 3.63) is 110 Å². The summed E-state index contributed by atoms with van der Waals surface area (Å²) in [6.07, 6.45) is 3.74. The molecule has 0 aliphatic carbocycles. The van der Waals surface area contributed by atoms with Crippen LogP contribution in [-0.2, 0) is 11.2 Å². The van der Waals surface area contributed by atoms with Crippen LogP contribution in [0.4, 0.5) is 5.69 Å². The van der Waals surface area contributed by atoms with Crippen molar-refractivity contribution >= 4 is 22.6 Å². The molecule has 1 saturated heterocycles. The van der Waals surface area contributed by atoms with Gasteiger partial charge in [-0.25, -0.2) is 0 Å². The minimum Gasteiger partial charge on any atom is -0.371 e. The lowest BCUT2D eigenvalue weighted by Crippen LogP contribution is -2.34. The van der Waals surface area contributed by atoms with Gasteiger partial charge in [-0.1, -0.05) is 54.6 Å². The monoisotopic (exact) mass is 468 g/mol. The average Bonchev–Trinajstić information content (AvgIpc) is 2.89. The fourth-order valence-electron chi connectivity index (χ4n) is 4.81. The minimum atomic E-state index is -0.711. The number of carbonyl (C=O) groups excluding carboxylic acids is 1. The van der Waals surface area contributed by atoms with Crippen molar-refractivity contribution < 1.29 is 4.79 Å². The molecule has 1 unspecified atom stereocenters. The van der Waals surface area contributed by atoms with E-state index in [1.165, 1.54) is 19.3 Å². The molecule has 3 N–H and O–H groups in total. The van der Waals surface area contributed by atoms with Crippen LogP contribution in [0.3, 0.4) is 0 Å². The zero-order chi connectivity index (χ0) is 24.2. The molecule has 0 saturated carbocycles. The first-order valence-corrected chi connectivity index (χ1v) is 12.0. The Morgan fingerprint density at radius 2 is 1.51 bits per heavy atom. The molecule has 0 spiro atoms. The van der Waals surface area contributed by atoms with Gasteiger partial charge in [-0.15, -0.1) is 0 Å². The number of piperidine rings is 1. The van der Waals surface area contributed by atoms with Gasteiger partial charge in [-0.2, -0.15) is 0 Å². The second-order valence-corrected chi connectivity index (χ2v) is 8.98. The molecule has 1 aliphatic rings. The maximum absolute atomic E-state index is 13.3. The maximum atomic E-state index is 13.3. The van der Waals surface area contributed by atoms with E-state index in [4.69, 9.17) is 0 Å². The molecule has 2 heterocycles. The van der Waals surface area contributed by atoms with Crippen molar-refractivity contribution in [2.24, 2.45) is 0 Å². The zero-order valence-corrected chi connectivity index (χ0v) is 19.4. The van der Waals surface area contributed by atoms with E-state index in [0.29, 0.717) is 11.0 Å². The number of anilines is 1. The first kappa shape index (κ1) is 22.7. The van der Waals surface area contributed by atoms with Crippen molar-refractivity contribution in [3.63, 3.8) is 0 Å². The lowest BCUT2D eigenvalue weighted by Gasteiger charge is -2.33. The average molecular weight is 469 g/mol. The van der Waals surface area contributed by atoms with E-state index in [9.17, 15) is 14.4 Å². The van der Waals surface area contributed by atoms with Crippen molar-refractivity contribution in [1.82, 2.24) is 15.3 Å². The smallest absolute Gasteiger partial charge is 0.314 e. The third kappa shape index (κ3) is 5.04. The Kier molecular flexibility index (Phi) is 6.48. The number of nitrogens with zero attached hydrogens (tertiary/aromatic N) is 1. The number of carbonyl (C=O) groups is 1. The topological polar surface area (TPSA) is 98.1 Å². The van der Waals surface area contributed by atoms with Crippen molar-refractivity contribution in [3.8, 4) is 0 Å². The lowest BCUT2D eigenvalue weighted by atomic mass is 9.95. The van der Waals surface area contributed by atoms with Gasteiger partial charge in [0.05, 0.1) is 23.5 Å². The van der Waals surface area contributed by atoms with Gasteiger partial charge in [0.1, 0.15) is 0 Å². The van der Waals surface area contributed by atoms with E-state index in [-0.39, 0.29) is 18.4 Å². The SMILES string of the molecule is O=C(Cc1ccc2[nH]c(=O)c(=O)[nH]c2c1)NC(c1ccccc1)c1ccccc1N1CCCCC1. The van der Waals surface area contributed by atoms with Gasteiger partial charge in [0.2, 0.25) is 5.91 Å². The predicted octanol–water partition coefficient (Wildman–Crippen LogP) is 3.66. The van der Waals surface area contributed by atoms with Crippen LogP contribution in [0, 0.1) is 0 Å². The summed E-state index contributed by atoms with van der Waals surface area (Å²) in [5.41, 5.74) is 3.62. The van der Waals surface area contributed by atoms with Crippen LogP contribution in [0.25, 0.3) is 11.0 Å². The van der Waals surface area contributed by atoms with E-state index in [2.05, 4.69) is 38.4 Å². The molecule has 7 heteroatoms. The summed E-state index contributed by atoms with van der Waals surface area (Å²) in [6, 6.07) is 23.3. The number of H-pyrrole nitrogens is 2. The molecule has 4 aromatic rings. The number of amides is 1. The molecule has 1 aliphatic heterocycles. The highest BCUT2D eigenvalue weighted by molar-refractivity contribution is 5.82. The molecule has 0 bridgehead atoms. The number of benzene rings is 3. The molecule has 1 amide bonds. The first-order valence-electron chi connectivity index (χ1n) is 12.0. The number of nitrogens with one attached hydrogen (secondary N) is 3. The fraction of sp³-hybridized carbons (Fsp3) is 0.250. The summed E-state index contributed by atoms with van der Waals surface area (Å²) in [6.45, 7) is 2.04. The molecule has 7 nitrogen and oxygen atoms in total. The van der Waals surface area contributed by atoms with E-state index >= 15 is 0 Å². The van der Waals surface area contributed by atoms with Crippen LogP contribution in [-0.4, -0.2) is 29.0 Å². The summed E-state index contributed by atoms with van der Waals surface area (Å²) in [5.74, 6) is -0.126. The zero-order valence-electron chi connectivity index (χ0n) is 19.4. The minimum absolute atomic E-state index is 0.126. The molecule has 178 valence electrons. The molecule has 1 fully saturated rings. The van der Waals surface area contributed by atoms with Gasteiger partial charge in [0.25, 0.3) is 0 Å². The van der Waals surface area contributed by atoms with Crippen LogP contribution in [0.15, 0.2) is 82.4 Å². The van der Waals surface area contributed by atoms with Gasteiger partial charge in [0.15, 0.2) is 0 Å². The van der Waals surface area contributed by atoms with Crippen molar-refractivity contribution in [1.29, 1.82) is 0 Å². The van der Waals surface area contributed by atoms with E-state index in [1.807, 2.05) is 36.4 Å². The molecular formula is C28H28N4O3.